The van der Waals surface area contributed by atoms with Crippen molar-refractivity contribution in [3.63, 3.8) is 0 Å². The number of rotatable bonds is 10. The highest BCUT2D eigenvalue weighted by atomic mass is 35.5. The number of ether oxygens (including phenoxy) is 3. The number of likely N-dealkylation sites (N-methyl/N-ethyl adjacent to an activating group) is 2. The number of aliphatic hydroxyl groups is 1. The summed E-state index contributed by atoms with van der Waals surface area (Å²) in [5.74, 6) is -3.58. The fourth-order valence-corrected chi connectivity index (χ4v) is 6.87. The summed E-state index contributed by atoms with van der Waals surface area (Å²) >= 11 is 6.01. The molecule has 1 N–H and O–H groups in total. The Hall–Kier alpha value is -4.72. The predicted octanol–water partition coefficient (Wildman–Crippen LogP) is 9.26. The summed E-state index contributed by atoms with van der Waals surface area (Å²) in [4.78, 5) is 22.7. The van der Waals surface area contributed by atoms with Crippen LogP contribution in [0.5, 0.6) is 11.8 Å². The Morgan fingerprint density at radius 1 is 0.738 bits per heavy atom. The van der Waals surface area contributed by atoms with E-state index in [0.29, 0.717) is 47.9 Å². The first kappa shape index (κ1) is 48.9. The zero-order chi connectivity index (χ0) is 45.2. The third-order valence-electron chi connectivity index (χ3n) is 8.99. The number of halogens is 11. The van der Waals surface area contributed by atoms with E-state index in [1.807, 2.05) is 0 Å². The molecule has 334 valence electrons. The van der Waals surface area contributed by atoms with Crippen molar-refractivity contribution in [1.29, 1.82) is 0 Å². The van der Waals surface area contributed by atoms with Gasteiger partial charge >= 0.3 is 18.3 Å². The highest BCUT2D eigenvalue weighted by Gasteiger charge is 2.34. The maximum Gasteiger partial charge on any atom is 0.401 e. The van der Waals surface area contributed by atoms with E-state index in [1.54, 1.807) is 13.8 Å². The topological polar surface area (TPSA) is 97.2 Å². The Morgan fingerprint density at radius 2 is 1.16 bits per heavy atom. The number of pyridine rings is 2. The first-order chi connectivity index (χ1) is 28.6. The summed E-state index contributed by atoms with van der Waals surface area (Å²) in [7, 11) is 2.69. The molecule has 0 aliphatic carbocycles. The van der Waals surface area contributed by atoms with Gasteiger partial charge in [0.15, 0.2) is 5.69 Å². The molecule has 2 aromatic carbocycles. The standard InChI is InChI=1S/C21H21F5N2O3.C18H16ClF5N2O.C2H6O/c1-3-30-20(29)18-9-16(14-6-4-12(22)8-17(14)23)15-7-5-13(31-19(15)27-18)10-28(2)11-21(24,25)26;1-26(9-18(22,23)24)8-11-3-5-13-14(7-16(19)25-17(13)27-11)12-4-2-10(20)6-15(12)21;1-2-3/h4,6,8-9,13H,3,5,7,10-11H2,1-2H3;2,4,6-7,11H,3,5,8-9H2,1H3;3H,2H2,1H3. The summed E-state index contributed by atoms with van der Waals surface area (Å²) in [5, 5.41) is 7.62. The Kier molecular flexibility index (Phi) is 17.2. The Labute approximate surface area is 350 Å². The number of fused-ring (bicyclic) bond motifs is 2. The maximum atomic E-state index is 14.5. The van der Waals surface area contributed by atoms with Gasteiger partial charge in [-0.1, -0.05) is 11.6 Å². The van der Waals surface area contributed by atoms with E-state index in [1.165, 1.54) is 38.4 Å². The number of hydrogen-bond donors (Lipinski definition) is 1. The van der Waals surface area contributed by atoms with Crippen LogP contribution in [0.2, 0.25) is 5.15 Å². The number of carbonyl (C=O) groups excluding carboxylic acids is 1. The van der Waals surface area contributed by atoms with Crippen LogP contribution < -0.4 is 9.47 Å². The molecule has 2 unspecified atom stereocenters. The van der Waals surface area contributed by atoms with E-state index in [0.717, 1.165) is 34.1 Å². The SMILES string of the molecule is CCO.CCOC(=O)c1cc(-c2ccc(F)cc2F)c2c(n1)OC(CN(C)CC(F)(F)F)CC2.CN(CC1CCc2c(-c3ccc(F)cc3F)cc(Cl)nc2O1)CC(F)(F)F. The number of carbonyl (C=O) groups is 1. The van der Waals surface area contributed by atoms with Gasteiger partial charge in [-0.05, 0) is 101 Å². The maximum absolute atomic E-state index is 14.5. The molecule has 2 aliphatic rings. The van der Waals surface area contributed by atoms with Crippen molar-refractivity contribution >= 4 is 17.6 Å². The molecule has 0 radical (unpaired) electrons. The van der Waals surface area contributed by atoms with Crippen molar-refractivity contribution in [3.05, 3.63) is 93.8 Å². The van der Waals surface area contributed by atoms with Crippen molar-refractivity contribution < 1.29 is 68.0 Å². The van der Waals surface area contributed by atoms with Gasteiger partial charge in [-0.15, -0.1) is 0 Å². The third-order valence-corrected chi connectivity index (χ3v) is 9.18. The van der Waals surface area contributed by atoms with Crippen LogP contribution in [0.15, 0.2) is 48.5 Å². The van der Waals surface area contributed by atoms with Crippen LogP contribution in [0.3, 0.4) is 0 Å². The number of aliphatic hydroxyl groups excluding tert-OH is 1. The first-order valence-electron chi connectivity index (χ1n) is 18.9. The summed E-state index contributed by atoms with van der Waals surface area (Å²) in [6.07, 6.45) is -8.17. The minimum absolute atomic E-state index is 0.00942. The van der Waals surface area contributed by atoms with Crippen LogP contribution in [0.4, 0.5) is 43.9 Å². The van der Waals surface area contributed by atoms with Crippen LogP contribution >= 0.6 is 11.6 Å². The van der Waals surface area contributed by atoms with Crippen LogP contribution in [0.1, 0.15) is 48.3 Å². The summed E-state index contributed by atoms with van der Waals surface area (Å²) in [6, 6.07) is 9.10. The van der Waals surface area contributed by atoms with Crippen molar-refractivity contribution in [3.8, 4) is 34.0 Å². The van der Waals surface area contributed by atoms with Crippen molar-refractivity contribution in [2.45, 2.75) is 64.1 Å². The van der Waals surface area contributed by atoms with Gasteiger partial charge in [0.1, 0.15) is 40.6 Å². The van der Waals surface area contributed by atoms with Crippen LogP contribution in [0, 0.1) is 23.3 Å². The molecule has 0 saturated carbocycles. The minimum atomic E-state index is -4.34. The van der Waals surface area contributed by atoms with Crippen LogP contribution in [-0.4, -0.2) is 109 Å². The molecule has 4 aromatic rings. The molecule has 0 fully saturated rings. The van der Waals surface area contributed by atoms with E-state index in [9.17, 15) is 48.7 Å². The molecule has 0 saturated heterocycles. The van der Waals surface area contributed by atoms with E-state index in [-0.39, 0.29) is 60.0 Å². The highest BCUT2D eigenvalue weighted by molar-refractivity contribution is 6.29. The third kappa shape index (κ3) is 14.4. The lowest BCUT2D eigenvalue weighted by molar-refractivity contribution is -0.146. The Morgan fingerprint density at radius 3 is 1.57 bits per heavy atom. The van der Waals surface area contributed by atoms with Crippen molar-refractivity contribution in [1.82, 2.24) is 19.8 Å². The first-order valence-corrected chi connectivity index (χ1v) is 19.2. The molecule has 4 heterocycles. The van der Waals surface area contributed by atoms with Gasteiger partial charge < -0.3 is 19.3 Å². The molecular formula is C41H43ClF10N4O5. The number of hydrogen-bond acceptors (Lipinski definition) is 9. The number of esters is 1. The van der Waals surface area contributed by atoms with Gasteiger partial charge in [0.2, 0.25) is 11.8 Å². The second-order valence-corrected chi connectivity index (χ2v) is 14.5. The van der Waals surface area contributed by atoms with E-state index < -0.39 is 66.9 Å². The van der Waals surface area contributed by atoms with Crippen LogP contribution in [0.25, 0.3) is 22.3 Å². The molecule has 6 rings (SSSR count). The largest absolute Gasteiger partial charge is 0.473 e. The smallest absolute Gasteiger partial charge is 0.401 e. The van der Waals surface area contributed by atoms with Gasteiger partial charge in [-0.2, -0.15) is 26.3 Å². The van der Waals surface area contributed by atoms with E-state index in [4.69, 9.17) is 30.9 Å². The lowest BCUT2D eigenvalue weighted by atomic mass is 9.94. The molecule has 0 spiro atoms. The summed E-state index contributed by atoms with van der Waals surface area (Å²) < 4.78 is 147. The molecule has 0 bridgehead atoms. The highest BCUT2D eigenvalue weighted by Crippen LogP contribution is 2.39. The number of alkyl halides is 6. The number of nitrogens with zero attached hydrogens (tertiary/aromatic N) is 4. The summed E-state index contributed by atoms with van der Waals surface area (Å²) in [6.45, 7) is 1.54. The van der Waals surface area contributed by atoms with E-state index in [2.05, 4.69) is 9.97 Å². The predicted molar refractivity (Wildman–Crippen MR) is 205 cm³/mol. The molecule has 2 aliphatic heterocycles. The molecule has 61 heavy (non-hydrogen) atoms. The zero-order valence-electron chi connectivity index (χ0n) is 33.4. The second kappa shape index (κ2) is 21.4. The Balaban J connectivity index is 0.000000254. The Bertz CT molecular complexity index is 2130. The normalized spacial score (nSPS) is 16.0. The fraction of sp³-hybridized carbons (Fsp3) is 0.439. The van der Waals surface area contributed by atoms with Gasteiger partial charge in [-0.25, -0.2) is 32.3 Å². The van der Waals surface area contributed by atoms with Gasteiger partial charge in [-0.3, -0.25) is 9.80 Å². The molecule has 9 nitrogen and oxygen atoms in total. The molecular weight excluding hydrogens is 854 g/mol. The van der Waals surface area contributed by atoms with Crippen molar-refractivity contribution in [2.75, 3.05) is 53.5 Å². The minimum Gasteiger partial charge on any atom is -0.473 e. The van der Waals surface area contributed by atoms with Crippen LogP contribution in [-0.2, 0) is 17.6 Å². The molecule has 20 heteroatoms. The average molecular weight is 897 g/mol. The average Bonchev–Trinajstić information content (AvgIpc) is 3.13. The van der Waals surface area contributed by atoms with E-state index >= 15 is 0 Å². The van der Waals surface area contributed by atoms with Gasteiger partial charge in [0.05, 0.1) is 19.7 Å². The van der Waals surface area contributed by atoms with Gasteiger partial charge in [0.25, 0.3) is 0 Å². The fourth-order valence-electron chi connectivity index (χ4n) is 6.69. The lowest BCUT2D eigenvalue weighted by Crippen LogP contribution is -2.40. The second-order valence-electron chi connectivity index (χ2n) is 14.1. The number of benzene rings is 2. The molecule has 0 amide bonds. The quantitative estimate of drug-likeness (QED) is 0.0950. The lowest BCUT2D eigenvalue weighted by Gasteiger charge is -2.30. The van der Waals surface area contributed by atoms with Crippen molar-refractivity contribution in [2.24, 2.45) is 0 Å². The number of aromatic nitrogens is 2. The molecule has 2 aromatic heterocycles. The summed E-state index contributed by atoms with van der Waals surface area (Å²) in [5.41, 5.74) is 1.91. The van der Waals surface area contributed by atoms with Gasteiger partial charge in [0, 0.05) is 54.1 Å². The monoisotopic (exact) mass is 896 g/mol. The zero-order valence-corrected chi connectivity index (χ0v) is 34.1. The molecule has 2 atom stereocenters.